The average molecular weight is 2040 g/mol. The number of likely N-dealkylation sites (tertiary alicyclic amines) is 1. The summed E-state index contributed by atoms with van der Waals surface area (Å²) in [5, 5.41) is 133. The lowest BCUT2D eigenvalue weighted by Gasteiger charge is -2.32. The molecule has 0 spiro atoms. The van der Waals surface area contributed by atoms with Crippen molar-refractivity contribution in [2.75, 3.05) is 85.4 Å². The molecule has 0 unspecified atom stereocenters. The molecular formula is C89H138N24O31. The van der Waals surface area contributed by atoms with E-state index >= 15 is 0 Å². The van der Waals surface area contributed by atoms with Gasteiger partial charge in [-0.1, -0.05) is 129 Å². The van der Waals surface area contributed by atoms with Gasteiger partial charge in [0.1, 0.15) is 90.6 Å². The third-order valence-corrected chi connectivity index (χ3v) is 22.4. The second kappa shape index (κ2) is 64.7. The molecule has 55 heteroatoms. The Morgan fingerprint density at radius 2 is 0.715 bits per heavy atom. The summed E-state index contributed by atoms with van der Waals surface area (Å²) in [7, 11) is 0. The van der Waals surface area contributed by atoms with Gasteiger partial charge in [0, 0.05) is 38.8 Å². The van der Waals surface area contributed by atoms with Crippen LogP contribution < -0.4 is 118 Å². The van der Waals surface area contributed by atoms with E-state index in [9.17, 15) is 151 Å². The standard InChI is InChI=1S/C89H138N24O31/c1-9-47(7)72(85(140)108-59(42-116)79(134)99-36-65(121)100-55(31-45(3)4)76(131)97-37-66(122)102-60(43-117)82(137)104-52(23-17-29-93-89(91)92)80(135)106-57(88(143)144)33-50-21-15-12-16-22-50)111-68(124)39-98-77(132)56(32-49-19-13-11-14-20-49)101-64(120)35-94-63(119)34-95-78(133)58(41-115)107-83(138)61(44-118)109-86(141)73(48(8)10-2)112-84(139)62-24-18-30-113(62)87(142)71(46(5)6)110-67(123)38-96-75(130)53(25-27-69(125)126)105-81(136)54(26-28-70(127)128)103-74(129)51(90)40-114/h11-16,19-22,45-48,51-62,71-73,114-118H,9-10,17-18,23-44,90H2,1-8H3,(H,94,119)(H,95,133)(H,96,130)(H,97,131)(H,98,132)(H,99,134)(H,100,121)(H,101,120)(H,102,122)(H,103,129)(H,104,137)(H,105,136)(H,106,135)(H,107,138)(H,108,140)(H,109,141)(H,110,123)(H,111,124)(H,112,139)(H,125,126)(H,127,128)(H,143,144)(H4,91,92,93)/t47-,48-,51-,52-,53-,54-,55-,56-,57-,58-,59-,60-,61-,62-,71-,72-,73-/m0/s1. The van der Waals surface area contributed by atoms with E-state index in [1.54, 1.807) is 116 Å². The van der Waals surface area contributed by atoms with Gasteiger partial charge >= 0.3 is 17.9 Å². The fourth-order valence-corrected chi connectivity index (χ4v) is 14.0. The number of benzene rings is 2. The van der Waals surface area contributed by atoms with E-state index < -0.39 is 342 Å². The molecule has 20 amide bonds. The summed E-state index contributed by atoms with van der Waals surface area (Å²) >= 11 is 0. The van der Waals surface area contributed by atoms with Gasteiger partial charge in [0.05, 0.1) is 72.3 Å². The van der Waals surface area contributed by atoms with Crippen LogP contribution in [0.25, 0.3) is 0 Å². The molecule has 1 fully saturated rings. The Hall–Kier alpha value is -14.7. The van der Waals surface area contributed by atoms with Crippen LogP contribution in [0.5, 0.6) is 0 Å². The topological polar surface area (TPSA) is 874 Å². The van der Waals surface area contributed by atoms with Crippen molar-refractivity contribution in [3.05, 3.63) is 71.8 Å². The molecule has 0 saturated carbocycles. The molecule has 1 heterocycles. The molecule has 144 heavy (non-hydrogen) atoms. The summed E-state index contributed by atoms with van der Waals surface area (Å²) in [5.41, 5.74) is 11.9. The summed E-state index contributed by atoms with van der Waals surface area (Å²) < 4.78 is 0. The quantitative estimate of drug-likeness (QED) is 0.0166. The zero-order chi connectivity index (χ0) is 108. The number of nitrogens with zero attached hydrogens (tertiary/aromatic N) is 1. The number of carboxylic acid groups (broad SMARTS) is 3. The molecule has 0 aromatic heterocycles. The van der Waals surface area contributed by atoms with Gasteiger partial charge in [-0.3, -0.25) is 111 Å². The monoisotopic (exact) mass is 2040 g/mol. The molecule has 33 N–H and O–H groups in total. The molecule has 2 aromatic carbocycles. The number of aliphatic hydroxyl groups is 5. The first-order valence-electron chi connectivity index (χ1n) is 46.5. The molecule has 1 aliphatic heterocycles. The number of carboxylic acids is 3. The summed E-state index contributed by atoms with van der Waals surface area (Å²) in [6, 6.07) is -6.90. The van der Waals surface area contributed by atoms with Crippen LogP contribution in [0.15, 0.2) is 60.7 Å². The fourth-order valence-electron chi connectivity index (χ4n) is 14.0. The van der Waals surface area contributed by atoms with Gasteiger partial charge in [-0.05, 0) is 79.7 Å². The zero-order valence-electron chi connectivity index (χ0n) is 81.2. The molecule has 0 radical (unpaired) electrons. The number of nitrogens with one attached hydrogen (secondary N) is 21. The highest BCUT2D eigenvalue weighted by Gasteiger charge is 2.43. The number of nitrogens with two attached hydrogens (primary N) is 2. The Kier molecular flexibility index (Phi) is 55.4. The summed E-state index contributed by atoms with van der Waals surface area (Å²) in [6.45, 7) is 2.58. The van der Waals surface area contributed by atoms with Gasteiger partial charge in [-0.15, -0.1) is 0 Å². The van der Waals surface area contributed by atoms with Crippen LogP contribution in [0.4, 0.5) is 0 Å². The number of carbonyl (C=O) groups excluding carboxylic acids is 20. The zero-order valence-corrected chi connectivity index (χ0v) is 81.2. The summed E-state index contributed by atoms with van der Waals surface area (Å²) in [4.78, 5) is 307. The number of guanidine groups is 1. The molecule has 1 aliphatic rings. The van der Waals surface area contributed by atoms with E-state index in [2.05, 4.69) is 106 Å². The minimum atomic E-state index is -1.87. The van der Waals surface area contributed by atoms with Crippen molar-refractivity contribution in [1.82, 2.24) is 111 Å². The Labute approximate surface area is 828 Å². The maximum absolute atomic E-state index is 14.3. The van der Waals surface area contributed by atoms with Crippen LogP contribution in [0, 0.1) is 29.1 Å². The van der Waals surface area contributed by atoms with Crippen LogP contribution in [-0.4, -0.2) is 364 Å². The van der Waals surface area contributed by atoms with E-state index in [1.165, 1.54) is 0 Å². The first-order chi connectivity index (χ1) is 68.0. The van der Waals surface area contributed by atoms with Crippen molar-refractivity contribution in [1.29, 1.82) is 5.41 Å². The van der Waals surface area contributed by atoms with Crippen molar-refractivity contribution in [3.63, 3.8) is 0 Å². The van der Waals surface area contributed by atoms with Crippen LogP contribution in [0.1, 0.15) is 137 Å². The van der Waals surface area contributed by atoms with Crippen LogP contribution in [0.2, 0.25) is 0 Å². The molecule has 0 bridgehead atoms. The van der Waals surface area contributed by atoms with Gasteiger partial charge in [-0.2, -0.15) is 0 Å². The van der Waals surface area contributed by atoms with Crippen LogP contribution in [-0.2, 0) is 123 Å². The number of amides is 20. The molecular weight excluding hydrogens is 1900 g/mol. The van der Waals surface area contributed by atoms with Crippen LogP contribution >= 0.6 is 0 Å². The largest absolute Gasteiger partial charge is 0.481 e. The highest BCUT2D eigenvalue weighted by Crippen LogP contribution is 2.23. The second-order valence-electron chi connectivity index (χ2n) is 34.6. The molecule has 0 aliphatic carbocycles. The normalized spacial score (nSPS) is 15.4. The molecule has 2 aromatic rings. The number of carbonyl (C=O) groups is 23. The maximum Gasteiger partial charge on any atom is 0.326 e. The summed E-state index contributed by atoms with van der Waals surface area (Å²) in [6.07, 6.45) is -2.14. The first kappa shape index (κ1) is 123. The predicted molar refractivity (Wildman–Crippen MR) is 505 cm³/mol. The third-order valence-electron chi connectivity index (χ3n) is 22.4. The van der Waals surface area contributed by atoms with Crippen molar-refractivity contribution in [3.8, 4) is 0 Å². The minimum Gasteiger partial charge on any atom is -0.481 e. The lowest BCUT2D eigenvalue weighted by molar-refractivity contribution is -0.143. The lowest BCUT2D eigenvalue weighted by Crippen LogP contribution is -2.61. The minimum absolute atomic E-state index is 0.0292. The van der Waals surface area contributed by atoms with E-state index in [0.29, 0.717) is 11.1 Å². The number of aliphatic carboxylic acids is 3. The Bertz CT molecular complexity index is 4730. The van der Waals surface area contributed by atoms with Gasteiger partial charge in [-0.25, -0.2) is 4.79 Å². The van der Waals surface area contributed by atoms with Crippen LogP contribution in [0.3, 0.4) is 0 Å². The van der Waals surface area contributed by atoms with Gasteiger partial charge in [0.15, 0.2) is 5.96 Å². The lowest BCUT2D eigenvalue weighted by atomic mass is 9.97. The highest BCUT2D eigenvalue weighted by atomic mass is 16.4. The van der Waals surface area contributed by atoms with E-state index in [-0.39, 0.29) is 82.8 Å². The highest BCUT2D eigenvalue weighted by molar-refractivity contribution is 6.02. The molecule has 1 saturated heterocycles. The van der Waals surface area contributed by atoms with Gasteiger partial charge in [0.2, 0.25) is 118 Å². The summed E-state index contributed by atoms with van der Waals surface area (Å²) in [5.74, 6) is -27.4. The SMILES string of the molecule is CC[C@H](C)[C@H](NC(=O)CNC(=O)[C@H](Cc1ccccc1)NC(=O)CNC(=O)CNC(=O)[C@H](CO)NC(=O)[C@H](CO)NC(=O)[C@@H](NC(=O)[C@@H]1CCCN1C(=O)[C@@H](NC(=O)CNC(=O)[C@H](CCC(=O)O)NC(=O)[C@H](CCC(=O)O)NC(=O)[C@@H](N)CO)C(C)C)[C@@H](C)CC)C(=O)N[C@@H](CO)C(=O)NCC(=O)N[C@@H](CC(C)C)C(=O)NCC(=O)N[C@@H](CO)C(=O)N[C@@H](CCCNC(=N)N)C(=O)N[C@@H](Cc1ccccc1)C(=O)O. The van der Waals surface area contributed by atoms with Crippen molar-refractivity contribution in [2.24, 2.45) is 35.1 Å². The average Bonchev–Trinajstić information content (AvgIpc) is 1.52. The number of rotatable bonds is 66. The maximum atomic E-state index is 14.3. The first-order valence-corrected chi connectivity index (χ1v) is 46.5. The Balaban J connectivity index is 1.59. The van der Waals surface area contributed by atoms with Gasteiger partial charge < -0.3 is 164 Å². The van der Waals surface area contributed by atoms with E-state index in [1.807, 2.05) is 0 Å². The van der Waals surface area contributed by atoms with E-state index in [0.717, 1.165) is 4.90 Å². The van der Waals surface area contributed by atoms with Crippen molar-refractivity contribution >= 4 is 142 Å². The van der Waals surface area contributed by atoms with Crippen molar-refractivity contribution < 1.29 is 151 Å². The predicted octanol–water partition coefficient (Wildman–Crippen LogP) is -12.4. The number of aliphatic hydroxyl groups excluding tert-OH is 5. The Morgan fingerprint density at radius 3 is 1.14 bits per heavy atom. The third kappa shape index (κ3) is 45.0. The molecule has 800 valence electrons. The van der Waals surface area contributed by atoms with E-state index in [4.69, 9.17) is 16.9 Å². The number of hydrogen-bond acceptors (Lipinski definition) is 30. The molecule has 17 atom stereocenters. The molecule has 3 rings (SSSR count). The van der Waals surface area contributed by atoms with Gasteiger partial charge in [0.25, 0.3) is 0 Å². The Morgan fingerprint density at radius 1 is 0.375 bits per heavy atom. The molecule has 55 nitrogen and oxygen atoms in total. The van der Waals surface area contributed by atoms with Crippen molar-refractivity contribution in [2.45, 2.75) is 229 Å². The fraction of sp³-hybridized carbons (Fsp3) is 0.596. The second-order valence-corrected chi connectivity index (χ2v) is 34.6. The smallest absolute Gasteiger partial charge is 0.326 e. The number of hydrogen-bond donors (Lipinski definition) is 31.